The first-order chi connectivity index (χ1) is 15.5. The molecule has 0 radical (unpaired) electrons. The van der Waals surface area contributed by atoms with Gasteiger partial charge in [-0.3, -0.25) is 15.1 Å². The predicted octanol–water partition coefficient (Wildman–Crippen LogP) is 3.88. The SMILES string of the molecule is COCCN1C(=S)N[C@H](c2ccccn2)[C@@H]1c1ccc(-c2ccc([N+](=O)[O-])cc2OC)o1. The number of furan rings is 1. The Morgan fingerprint density at radius 1 is 1.25 bits per heavy atom. The average Bonchev–Trinajstić information content (AvgIpc) is 3.42. The maximum Gasteiger partial charge on any atom is 0.273 e. The van der Waals surface area contributed by atoms with Crippen molar-refractivity contribution < 1.29 is 18.8 Å². The highest BCUT2D eigenvalue weighted by Crippen LogP contribution is 2.41. The summed E-state index contributed by atoms with van der Waals surface area (Å²) in [6.07, 6.45) is 1.74. The minimum Gasteiger partial charge on any atom is -0.496 e. The first kappa shape index (κ1) is 21.7. The van der Waals surface area contributed by atoms with Crippen LogP contribution in [-0.4, -0.2) is 47.3 Å². The van der Waals surface area contributed by atoms with Gasteiger partial charge in [-0.1, -0.05) is 6.07 Å². The van der Waals surface area contributed by atoms with E-state index in [9.17, 15) is 10.1 Å². The minimum absolute atomic E-state index is 0.0521. The van der Waals surface area contributed by atoms with E-state index < -0.39 is 4.92 Å². The zero-order valence-corrected chi connectivity index (χ0v) is 18.4. The molecule has 1 saturated heterocycles. The molecule has 1 aliphatic heterocycles. The zero-order chi connectivity index (χ0) is 22.7. The third kappa shape index (κ3) is 4.14. The topological polar surface area (TPSA) is 103 Å². The maximum atomic E-state index is 11.1. The van der Waals surface area contributed by atoms with Crippen molar-refractivity contribution in [1.29, 1.82) is 0 Å². The number of methoxy groups -OCH3 is 2. The number of nitro groups is 1. The summed E-state index contributed by atoms with van der Waals surface area (Å²) in [4.78, 5) is 17.2. The molecule has 9 nitrogen and oxygen atoms in total. The summed E-state index contributed by atoms with van der Waals surface area (Å²) in [5, 5.41) is 15.0. The number of nitro benzene ring substituents is 1. The second-order valence-electron chi connectivity index (χ2n) is 7.16. The van der Waals surface area contributed by atoms with Gasteiger partial charge in [-0.25, -0.2) is 0 Å². The van der Waals surface area contributed by atoms with Gasteiger partial charge in [0.2, 0.25) is 0 Å². The molecule has 0 saturated carbocycles. The summed E-state index contributed by atoms with van der Waals surface area (Å²) >= 11 is 5.59. The summed E-state index contributed by atoms with van der Waals surface area (Å²) in [6.45, 7) is 1.07. The highest BCUT2D eigenvalue weighted by Gasteiger charge is 2.41. The lowest BCUT2D eigenvalue weighted by Crippen LogP contribution is -2.32. The van der Waals surface area contributed by atoms with E-state index in [2.05, 4.69) is 10.3 Å². The standard InChI is InChI=1S/C22H22N4O5S/c1-29-12-11-25-21(20(24-22(25)32)16-5-3-4-10-23-16)18-9-8-17(31-18)15-7-6-14(26(27)28)13-19(15)30-2/h3-10,13,20-21H,11-12H2,1-2H3,(H,24,32)/t20-,21+/m1/s1. The summed E-state index contributed by atoms with van der Waals surface area (Å²) in [5.41, 5.74) is 1.41. The van der Waals surface area contributed by atoms with Gasteiger partial charge in [0.1, 0.15) is 23.3 Å². The van der Waals surface area contributed by atoms with Gasteiger partial charge in [0, 0.05) is 25.9 Å². The average molecular weight is 455 g/mol. The van der Waals surface area contributed by atoms with Crippen LogP contribution in [0.3, 0.4) is 0 Å². The van der Waals surface area contributed by atoms with Crippen molar-refractivity contribution in [1.82, 2.24) is 15.2 Å². The van der Waals surface area contributed by atoms with Crippen molar-refractivity contribution in [3.63, 3.8) is 0 Å². The number of pyridine rings is 1. The molecular weight excluding hydrogens is 432 g/mol. The van der Waals surface area contributed by atoms with Crippen molar-refractivity contribution in [3.05, 3.63) is 76.3 Å². The quantitative estimate of drug-likeness (QED) is 0.308. The molecule has 166 valence electrons. The molecule has 0 amide bonds. The van der Waals surface area contributed by atoms with Crippen LogP contribution in [0.5, 0.6) is 5.75 Å². The number of non-ortho nitro benzene ring substituents is 1. The Morgan fingerprint density at radius 2 is 2.09 bits per heavy atom. The molecule has 1 N–H and O–H groups in total. The molecule has 2 atom stereocenters. The normalized spacial score (nSPS) is 17.9. The van der Waals surface area contributed by atoms with Gasteiger partial charge in [-0.2, -0.15) is 0 Å². The summed E-state index contributed by atoms with van der Waals surface area (Å²) < 4.78 is 16.9. The Morgan fingerprint density at radius 3 is 2.78 bits per heavy atom. The van der Waals surface area contributed by atoms with Crippen LogP contribution >= 0.6 is 12.2 Å². The first-order valence-corrected chi connectivity index (χ1v) is 10.3. The van der Waals surface area contributed by atoms with Gasteiger partial charge in [0.05, 0.1) is 42.0 Å². The number of thiocarbonyl (C=S) groups is 1. The number of aromatic nitrogens is 1. The minimum atomic E-state index is -0.462. The Hall–Kier alpha value is -3.50. The lowest BCUT2D eigenvalue weighted by atomic mass is 10.0. The molecule has 0 aliphatic carbocycles. The van der Waals surface area contributed by atoms with Crippen molar-refractivity contribution in [2.24, 2.45) is 0 Å². The van der Waals surface area contributed by atoms with Crippen LogP contribution in [0.2, 0.25) is 0 Å². The smallest absolute Gasteiger partial charge is 0.273 e. The fourth-order valence-corrected chi connectivity index (χ4v) is 4.13. The number of hydrogen-bond acceptors (Lipinski definition) is 7. The van der Waals surface area contributed by atoms with E-state index in [1.807, 2.05) is 35.2 Å². The Balaban J connectivity index is 1.72. The highest BCUT2D eigenvalue weighted by atomic mass is 32.1. The van der Waals surface area contributed by atoms with Crippen LogP contribution in [-0.2, 0) is 4.74 Å². The van der Waals surface area contributed by atoms with E-state index in [0.29, 0.717) is 41.1 Å². The van der Waals surface area contributed by atoms with Crippen LogP contribution in [0.25, 0.3) is 11.3 Å². The zero-order valence-electron chi connectivity index (χ0n) is 17.6. The fourth-order valence-electron chi connectivity index (χ4n) is 3.80. The van der Waals surface area contributed by atoms with Crippen LogP contribution in [0.1, 0.15) is 23.5 Å². The van der Waals surface area contributed by atoms with E-state index in [-0.39, 0.29) is 17.8 Å². The van der Waals surface area contributed by atoms with Crippen LogP contribution in [0.15, 0.2) is 59.1 Å². The number of benzene rings is 1. The lowest BCUT2D eigenvalue weighted by molar-refractivity contribution is -0.384. The predicted molar refractivity (Wildman–Crippen MR) is 121 cm³/mol. The Kier molecular flexibility index (Phi) is 6.33. The second-order valence-corrected chi connectivity index (χ2v) is 7.54. The summed E-state index contributed by atoms with van der Waals surface area (Å²) in [6, 6.07) is 13.4. The van der Waals surface area contributed by atoms with E-state index in [1.54, 1.807) is 19.4 Å². The summed E-state index contributed by atoms with van der Waals surface area (Å²) in [5.74, 6) is 1.58. The van der Waals surface area contributed by atoms with Gasteiger partial charge in [0.15, 0.2) is 5.11 Å². The number of nitrogens with one attached hydrogen (secondary N) is 1. The number of rotatable bonds is 8. The molecule has 1 fully saturated rings. The summed E-state index contributed by atoms with van der Waals surface area (Å²) in [7, 11) is 3.11. The highest BCUT2D eigenvalue weighted by molar-refractivity contribution is 7.80. The van der Waals surface area contributed by atoms with Crippen LogP contribution < -0.4 is 10.1 Å². The molecule has 0 unspecified atom stereocenters. The van der Waals surface area contributed by atoms with Crippen molar-refractivity contribution in [3.8, 4) is 17.1 Å². The van der Waals surface area contributed by atoms with Crippen molar-refractivity contribution >= 4 is 23.0 Å². The molecule has 0 spiro atoms. The molecule has 1 aromatic carbocycles. The second kappa shape index (κ2) is 9.33. The first-order valence-electron chi connectivity index (χ1n) is 9.93. The lowest BCUT2D eigenvalue weighted by Gasteiger charge is -2.25. The molecule has 3 heterocycles. The molecule has 1 aliphatic rings. The fraction of sp³-hybridized carbons (Fsp3) is 0.273. The number of hydrogen-bond donors (Lipinski definition) is 1. The molecule has 32 heavy (non-hydrogen) atoms. The molecule has 4 rings (SSSR count). The van der Waals surface area contributed by atoms with Crippen molar-refractivity contribution in [2.45, 2.75) is 12.1 Å². The molecule has 2 aromatic heterocycles. The number of nitrogens with zero attached hydrogens (tertiary/aromatic N) is 3. The van der Waals surface area contributed by atoms with Crippen LogP contribution in [0.4, 0.5) is 5.69 Å². The third-order valence-electron chi connectivity index (χ3n) is 5.31. The molecule has 0 bridgehead atoms. The Labute approximate surface area is 190 Å². The molecule has 10 heteroatoms. The van der Waals surface area contributed by atoms with E-state index in [4.69, 9.17) is 26.1 Å². The third-order valence-corrected chi connectivity index (χ3v) is 5.67. The van der Waals surface area contributed by atoms with Gasteiger partial charge in [0.25, 0.3) is 5.69 Å². The van der Waals surface area contributed by atoms with E-state index >= 15 is 0 Å². The van der Waals surface area contributed by atoms with Gasteiger partial charge < -0.3 is 24.1 Å². The van der Waals surface area contributed by atoms with E-state index in [0.717, 1.165) is 5.69 Å². The van der Waals surface area contributed by atoms with Crippen molar-refractivity contribution in [2.75, 3.05) is 27.4 Å². The van der Waals surface area contributed by atoms with Gasteiger partial charge >= 0.3 is 0 Å². The molecular formula is C22H22N4O5S. The largest absolute Gasteiger partial charge is 0.496 e. The van der Waals surface area contributed by atoms with Crippen LogP contribution in [0, 0.1) is 10.1 Å². The van der Waals surface area contributed by atoms with Gasteiger partial charge in [-0.15, -0.1) is 0 Å². The van der Waals surface area contributed by atoms with Gasteiger partial charge in [-0.05, 0) is 42.5 Å². The Bertz CT molecular complexity index is 1120. The maximum absolute atomic E-state index is 11.1. The molecule has 3 aromatic rings. The van der Waals surface area contributed by atoms with E-state index in [1.165, 1.54) is 19.2 Å². The monoisotopic (exact) mass is 454 g/mol. The number of ether oxygens (including phenoxy) is 2.